The van der Waals surface area contributed by atoms with Crippen LogP contribution in [0.1, 0.15) is 37.7 Å². The van der Waals surface area contributed by atoms with Gasteiger partial charge < -0.3 is 10.2 Å². The minimum Gasteiger partial charge on any atom is -0.508 e. The number of carboxylic acid groups (broad SMARTS) is 1. The summed E-state index contributed by atoms with van der Waals surface area (Å²) in [6, 6.07) is 3.71. The molecule has 0 bridgehead atoms. The van der Waals surface area contributed by atoms with Crippen molar-refractivity contribution in [1.29, 1.82) is 0 Å². The molecule has 0 unspecified atom stereocenters. The molecule has 3 nitrogen and oxygen atoms in total. The van der Waals surface area contributed by atoms with E-state index >= 15 is 0 Å². The van der Waals surface area contributed by atoms with E-state index in [1.165, 1.54) is 12.1 Å². The highest BCUT2D eigenvalue weighted by molar-refractivity contribution is 5.68. The van der Waals surface area contributed by atoms with E-state index in [1.54, 1.807) is 0 Å². The third kappa shape index (κ3) is 3.53. The lowest BCUT2D eigenvalue weighted by molar-refractivity contribution is -0.137. The predicted molar refractivity (Wildman–Crippen MR) is 58.0 cm³/mol. The summed E-state index contributed by atoms with van der Waals surface area (Å²) in [5.41, 5.74) is 0.543. The number of halogens is 1. The highest BCUT2D eigenvalue weighted by Crippen LogP contribution is 2.28. The molecule has 1 rings (SSSR count). The van der Waals surface area contributed by atoms with Crippen LogP contribution in [0.4, 0.5) is 4.39 Å². The first kappa shape index (κ1) is 12.5. The lowest BCUT2D eigenvalue weighted by Gasteiger charge is -2.14. The molecule has 4 heteroatoms. The first-order valence-corrected chi connectivity index (χ1v) is 5.24. The van der Waals surface area contributed by atoms with E-state index in [1.807, 2.05) is 6.92 Å². The number of rotatable bonds is 5. The fourth-order valence-electron chi connectivity index (χ4n) is 1.78. The maximum absolute atomic E-state index is 13.1. The molecular weight excluding hydrogens is 211 g/mol. The predicted octanol–water partition coefficient (Wildman–Crippen LogP) is 2.89. The average molecular weight is 226 g/mol. The number of aromatic hydroxyl groups is 1. The highest BCUT2D eigenvalue weighted by atomic mass is 19.1. The Labute approximate surface area is 93.5 Å². The standard InChI is InChI=1S/C12H15FO3/c1-2-3-8(6-12(15)16)9-4-10(13)7-11(14)5-9/h4-5,7-8,14H,2-3,6H2,1H3,(H,15,16)/t8-/m0/s1. The molecule has 0 saturated carbocycles. The number of phenolic OH excluding ortho intramolecular Hbond substituents is 1. The van der Waals surface area contributed by atoms with Gasteiger partial charge in [-0.25, -0.2) is 4.39 Å². The first-order chi connectivity index (χ1) is 7.52. The molecule has 0 aliphatic carbocycles. The average Bonchev–Trinajstić information content (AvgIpc) is 2.14. The molecule has 0 fully saturated rings. The van der Waals surface area contributed by atoms with Gasteiger partial charge in [-0.3, -0.25) is 4.79 Å². The molecule has 0 amide bonds. The summed E-state index contributed by atoms with van der Waals surface area (Å²) in [6.07, 6.45) is 1.43. The second-order valence-corrected chi connectivity index (χ2v) is 3.83. The number of phenols is 1. The van der Waals surface area contributed by atoms with Crippen LogP contribution < -0.4 is 0 Å². The van der Waals surface area contributed by atoms with Crippen LogP contribution in [-0.4, -0.2) is 16.2 Å². The highest BCUT2D eigenvalue weighted by Gasteiger charge is 2.16. The van der Waals surface area contributed by atoms with Crippen LogP contribution in [0.3, 0.4) is 0 Å². The molecule has 0 aromatic heterocycles. The Kier molecular flexibility index (Phi) is 4.28. The third-order valence-corrected chi connectivity index (χ3v) is 2.43. The molecule has 0 aliphatic rings. The van der Waals surface area contributed by atoms with E-state index in [0.29, 0.717) is 12.0 Å². The monoisotopic (exact) mass is 226 g/mol. The van der Waals surface area contributed by atoms with Crippen LogP contribution in [0.5, 0.6) is 5.75 Å². The van der Waals surface area contributed by atoms with E-state index in [2.05, 4.69) is 0 Å². The maximum Gasteiger partial charge on any atom is 0.303 e. The summed E-state index contributed by atoms with van der Waals surface area (Å²) in [6.45, 7) is 1.94. The number of aliphatic carboxylic acids is 1. The van der Waals surface area contributed by atoms with E-state index < -0.39 is 11.8 Å². The van der Waals surface area contributed by atoms with Gasteiger partial charge in [0.15, 0.2) is 0 Å². The Morgan fingerprint density at radius 1 is 1.44 bits per heavy atom. The maximum atomic E-state index is 13.1. The van der Waals surface area contributed by atoms with Gasteiger partial charge in [0, 0.05) is 6.07 Å². The van der Waals surface area contributed by atoms with Crippen molar-refractivity contribution in [2.45, 2.75) is 32.1 Å². The molecule has 2 N–H and O–H groups in total. The van der Waals surface area contributed by atoms with Gasteiger partial charge in [-0.2, -0.15) is 0 Å². The van der Waals surface area contributed by atoms with Gasteiger partial charge in [-0.15, -0.1) is 0 Å². The Bertz CT molecular complexity index is 356. The van der Waals surface area contributed by atoms with Crippen molar-refractivity contribution in [3.05, 3.63) is 29.6 Å². The molecule has 1 aromatic carbocycles. The quantitative estimate of drug-likeness (QED) is 0.811. The van der Waals surface area contributed by atoms with Crippen LogP contribution in [0.15, 0.2) is 18.2 Å². The zero-order valence-corrected chi connectivity index (χ0v) is 9.11. The molecule has 0 aliphatic heterocycles. The fourth-order valence-corrected chi connectivity index (χ4v) is 1.78. The van der Waals surface area contributed by atoms with Crippen molar-refractivity contribution in [3.63, 3.8) is 0 Å². The van der Waals surface area contributed by atoms with Crippen molar-refractivity contribution in [1.82, 2.24) is 0 Å². The number of hydrogen-bond acceptors (Lipinski definition) is 2. The lowest BCUT2D eigenvalue weighted by Crippen LogP contribution is -2.06. The van der Waals surface area contributed by atoms with E-state index in [-0.39, 0.29) is 18.1 Å². The lowest BCUT2D eigenvalue weighted by atomic mass is 9.91. The Morgan fingerprint density at radius 2 is 2.12 bits per heavy atom. The van der Waals surface area contributed by atoms with Crippen LogP contribution >= 0.6 is 0 Å². The van der Waals surface area contributed by atoms with Crippen molar-refractivity contribution in [2.75, 3.05) is 0 Å². The summed E-state index contributed by atoms with van der Waals surface area (Å²) >= 11 is 0. The number of benzene rings is 1. The van der Waals surface area contributed by atoms with Crippen LogP contribution in [0.2, 0.25) is 0 Å². The second kappa shape index (κ2) is 5.49. The Balaban J connectivity index is 2.95. The number of carbonyl (C=O) groups is 1. The summed E-state index contributed by atoms with van der Waals surface area (Å²) in [5.74, 6) is -1.87. The molecule has 1 aromatic rings. The summed E-state index contributed by atoms with van der Waals surface area (Å²) in [4.78, 5) is 10.7. The van der Waals surface area contributed by atoms with Crippen molar-refractivity contribution in [2.24, 2.45) is 0 Å². The van der Waals surface area contributed by atoms with Crippen molar-refractivity contribution < 1.29 is 19.4 Å². The summed E-state index contributed by atoms with van der Waals surface area (Å²) in [5, 5.41) is 18.0. The van der Waals surface area contributed by atoms with E-state index in [4.69, 9.17) is 5.11 Å². The molecule has 88 valence electrons. The number of hydrogen-bond donors (Lipinski definition) is 2. The smallest absolute Gasteiger partial charge is 0.303 e. The normalized spacial score (nSPS) is 12.4. The third-order valence-electron chi connectivity index (χ3n) is 2.43. The molecule has 0 spiro atoms. The van der Waals surface area contributed by atoms with Crippen LogP contribution in [0, 0.1) is 5.82 Å². The first-order valence-electron chi connectivity index (χ1n) is 5.24. The number of carboxylic acids is 1. The topological polar surface area (TPSA) is 57.5 Å². The minimum absolute atomic E-state index is 0.0449. The molecule has 0 radical (unpaired) electrons. The van der Waals surface area contributed by atoms with Crippen LogP contribution in [0.25, 0.3) is 0 Å². The van der Waals surface area contributed by atoms with Gasteiger partial charge in [0.2, 0.25) is 0 Å². The molecule has 16 heavy (non-hydrogen) atoms. The molecule has 1 atom stereocenters. The molecule has 0 heterocycles. The fraction of sp³-hybridized carbons (Fsp3) is 0.417. The van der Waals surface area contributed by atoms with Gasteiger partial charge in [0.05, 0.1) is 6.42 Å². The van der Waals surface area contributed by atoms with Crippen molar-refractivity contribution >= 4 is 5.97 Å². The SMILES string of the molecule is CCC[C@@H](CC(=O)O)c1cc(O)cc(F)c1. The summed E-state index contributed by atoms with van der Waals surface area (Å²) in [7, 11) is 0. The Morgan fingerprint density at radius 3 is 2.62 bits per heavy atom. The van der Waals surface area contributed by atoms with Crippen LogP contribution in [-0.2, 0) is 4.79 Å². The zero-order valence-electron chi connectivity index (χ0n) is 9.11. The van der Waals surface area contributed by atoms with Gasteiger partial charge in [-0.05, 0) is 30.0 Å². The molecular formula is C12H15FO3. The Hall–Kier alpha value is -1.58. The van der Waals surface area contributed by atoms with Gasteiger partial charge in [-0.1, -0.05) is 13.3 Å². The largest absolute Gasteiger partial charge is 0.508 e. The van der Waals surface area contributed by atoms with Crippen molar-refractivity contribution in [3.8, 4) is 5.75 Å². The van der Waals surface area contributed by atoms with Gasteiger partial charge in [0.25, 0.3) is 0 Å². The molecule has 0 saturated heterocycles. The van der Waals surface area contributed by atoms with Gasteiger partial charge in [0.1, 0.15) is 11.6 Å². The summed E-state index contributed by atoms with van der Waals surface area (Å²) < 4.78 is 13.1. The second-order valence-electron chi connectivity index (χ2n) is 3.83. The van der Waals surface area contributed by atoms with E-state index in [9.17, 15) is 14.3 Å². The van der Waals surface area contributed by atoms with Gasteiger partial charge >= 0.3 is 5.97 Å². The zero-order chi connectivity index (χ0) is 12.1. The minimum atomic E-state index is -0.915. The van der Waals surface area contributed by atoms with E-state index in [0.717, 1.165) is 12.5 Å².